The normalized spacial score (nSPS) is 11.5. The Morgan fingerprint density at radius 2 is 0.795 bits per heavy atom. The van der Waals surface area contributed by atoms with Crippen molar-refractivity contribution in [2.75, 3.05) is 31.3 Å². The smallest absolute Gasteiger partial charge is 0.418 e. The molecule has 0 saturated heterocycles. The van der Waals surface area contributed by atoms with Crippen molar-refractivity contribution in [1.29, 1.82) is 0 Å². The van der Waals surface area contributed by atoms with Gasteiger partial charge in [0.1, 0.15) is 11.2 Å². The first kappa shape index (κ1) is 71.2. The zero-order valence-electron chi connectivity index (χ0n) is 55.5. The summed E-state index contributed by atoms with van der Waals surface area (Å²) in [5.41, 5.74) is 30.1. The summed E-state index contributed by atoms with van der Waals surface area (Å²) in [7, 11) is 0. The van der Waals surface area contributed by atoms with Crippen molar-refractivity contribution in [3.05, 3.63) is 179 Å². The van der Waals surface area contributed by atoms with Crippen molar-refractivity contribution >= 4 is 23.6 Å². The second-order valence-electron chi connectivity index (χ2n) is 25.8. The van der Waals surface area contributed by atoms with Crippen molar-refractivity contribution in [2.24, 2.45) is 0 Å². The Hall–Kier alpha value is -7.58. The first-order valence-electron chi connectivity index (χ1n) is 31.8. The van der Waals surface area contributed by atoms with Gasteiger partial charge in [-0.2, -0.15) is 0 Å². The number of ether oxygens (including phenoxy) is 2. The highest BCUT2D eigenvalue weighted by molar-refractivity contribution is 5.84. The Morgan fingerprint density at radius 3 is 1.19 bits per heavy atom. The van der Waals surface area contributed by atoms with Gasteiger partial charge in [-0.3, -0.25) is 9.13 Å². The predicted molar refractivity (Wildman–Crippen MR) is 365 cm³/mol. The molecule has 0 unspecified atom stereocenters. The standard InChI is InChI=1S/C22H31NO2.C21H30N2O3.C16H22N2O.C16H21NO/c1-7-8-14-19-18(17-12-10-9-11-13-17)15-20(16(2)3)23(19)21(24)25-22(4,5)6;1-14(2)19-13-16(15-9-6-7-10-17(15)22)18(11-8-12-24)23(19)20(25)26-21(3,4)5;1-11(2)16-10-13(15(18-16)8-5-9-19)12-6-3-4-7-14(12)17;1-12(2)16-11-14(13-7-4-3-5-8-13)15(17-16)9-6-10-18/h9-13,15-16H,7-8,14H2,1-6H3;6-7,9-10,13-14,24H,8,11-12,22H2,1-5H3;3-4,6-7,10-11,18-19H,5,8-9,17H2,1-2H3;3-5,7-8,11-12,17-18H,6,9-10H2,1-2H3. The second kappa shape index (κ2) is 33.7. The van der Waals surface area contributed by atoms with Crippen molar-refractivity contribution in [3.8, 4) is 44.5 Å². The van der Waals surface area contributed by atoms with Crippen LogP contribution < -0.4 is 11.5 Å². The van der Waals surface area contributed by atoms with Gasteiger partial charge < -0.3 is 46.2 Å². The minimum Gasteiger partial charge on any atom is -0.443 e. The summed E-state index contributed by atoms with van der Waals surface area (Å²) in [4.78, 5) is 32.9. The largest absolute Gasteiger partial charge is 0.443 e. The number of carbonyl (C=O) groups is 2. The molecule has 9 N–H and O–H groups in total. The number of hydrogen-bond acceptors (Lipinski definition) is 9. The van der Waals surface area contributed by atoms with Gasteiger partial charge in [0.25, 0.3) is 0 Å². The number of benzene rings is 4. The lowest BCUT2D eigenvalue weighted by molar-refractivity contribution is 0.0515. The summed E-state index contributed by atoms with van der Waals surface area (Å²) >= 11 is 0. The molecule has 8 rings (SSSR count). The van der Waals surface area contributed by atoms with Crippen LogP contribution in [0.4, 0.5) is 21.0 Å². The zero-order valence-corrected chi connectivity index (χ0v) is 55.5. The van der Waals surface area contributed by atoms with E-state index in [0.29, 0.717) is 30.4 Å². The molecule has 0 aliphatic rings. The van der Waals surface area contributed by atoms with Crippen LogP contribution in [0.25, 0.3) is 44.5 Å². The lowest BCUT2D eigenvalue weighted by atomic mass is 10.0. The molecule has 13 nitrogen and oxygen atoms in total. The number of hydrogen-bond donors (Lipinski definition) is 7. The first-order valence-corrected chi connectivity index (χ1v) is 31.8. The fourth-order valence-electron chi connectivity index (χ4n) is 10.4. The zero-order chi connectivity index (χ0) is 64.9. The highest BCUT2D eigenvalue weighted by Crippen LogP contribution is 2.38. The van der Waals surface area contributed by atoms with Gasteiger partial charge in [0.05, 0.1) is 0 Å². The van der Waals surface area contributed by atoms with E-state index in [0.717, 1.165) is 112 Å². The van der Waals surface area contributed by atoms with Gasteiger partial charge >= 0.3 is 12.2 Å². The molecule has 4 heterocycles. The average molecular weight is 1200 g/mol. The van der Waals surface area contributed by atoms with E-state index < -0.39 is 17.3 Å². The number of aliphatic hydroxyl groups excluding tert-OH is 3. The first-order chi connectivity index (χ1) is 41.7. The average Bonchev–Trinajstić information content (AvgIpc) is 1.90. The van der Waals surface area contributed by atoms with E-state index in [9.17, 15) is 14.7 Å². The minimum atomic E-state index is -0.588. The number of nitrogens with zero attached hydrogens (tertiary/aromatic N) is 2. The van der Waals surface area contributed by atoms with Crippen LogP contribution >= 0.6 is 0 Å². The number of aromatic amines is 2. The maximum atomic E-state index is 13.0. The van der Waals surface area contributed by atoms with E-state index >= 15 is 0 Å². The van der Waals surface area contributed by atoms with E-state index in [2.05, 4.69) is 113 Å². The number of nitrogens with one attached hydrogen (secondary N) is 2. The van der Waals surface area contributed by atoms with Crippen LogP contribution in [0, 0.1) is 0 Å². The molecule has 0 aliphatic heterocycles. The second-order valence-corrected chi connectivity index (χ2v) is 25.8. The maximum absolute atomic E-state index is 13.0. The molecular weight excluding hydrogens is 1100 g/mol. The number of nitrogens with two attached hydrogens (primary N) is 2. The number of para-hydroxylation sites is 2. The van der Waals surface area contributed by atoms with Crippen molar-refractivity contribution in [2.45, 2.75) is 197 Å². The Bertz CT molecular complexity index is 3400. The summed E-state index contributed by atoms with van der Waals surface area (Å²) < 4.78 is 14.8. The van der Waals surface area contributed by atoms with Gasteiger partial charge in [-0.15, -0.1) is 0 Å². The third-order valence-electron chi connectivity index (χ3n) is 14.9. The quantitative estimate of drug-likeness (QED) is 0.0362. The Morgan fingerprint density at radius 1 is 0.443 bits per heavy atom. The van der Waals surface area contributed by atoms with Gasteiger partial charge in [-0.25, -0.2) is 9.59 Å². The van der Waals surface area contributed by atoms with Crippen LogP contribution in [0.3, 0.4) is 0 Å². The van der Waals surface area contributed by atoms with E-state index in [4.69, 9.17) is 31.2 Å². The minimum absolute atomic E-state index is 0.0558. The number of unbranched alkanes of at least 4 members (excludes halogenated alkanes) is 1. The fourth-order valence-corrected chi connectivity index (χ4v) is 10.4. The Balaban J connectivity index is 0.000000216. The molecule has 0 radical (unpaired) electrons. The van der Waals surface area contributed by atoms with Gasteiger partial charge in [0, 0.05) is 110 Å². The highest BCUT2D eigenvalue weighted by Gasteiger charge is 2.29. The van der Waals surface area contributed by atoms with Crippen LogP contribution in [-0.4, -0.2) is 77.6 Å². The molecule has 0 bridgehead atoms. The van der Waals surface area contributed by atoms with Gasteiger partial charge in [-0.05, 0) is 164 Å². The van der Waals surface area contributed by atoms with Crippen LogP contribution in [0.1, 0.15) is 205 Å². The SMILES string of the molecule is CC(C)c1cc(-c2ccccc2)c(CCCO)[nH]1.CC(C)c1cc(-c2ccccc2N)c(CCCO)[nH]1.CC(C)c1cc(-c2ccccc2N)c(CCCO)n1C(=O)OC(C)(C)C.CCCCc1c(-c2ccccc2)cc(C(C)C)n1C(=O)OC(C)(C)C. The van der Waals surface area contributed by atoms with E-state index in [-0.39, 0.29) is 37.7 Å². The molecule has 13 heteroatoms. The number of anilines is 2. The maximum Gasteiger partial charge on any atom is 0.418 e. The number of aryl methyl sites for hydroxylation is 2. The lowest BCUT2D eigenvalue weighted by Crippen LogP contribution is -2.29. The third kappa shape index (κ3) is 20.2. The Kier molecular flexibility index (Phi) is 27.2. The summed E-state index contributed by atoms with van der Waals surface area (Å²) in [6.45, 7) is 31.0. The number of rotatable bonds is 20. The van der Waals surface area contributed by atoms with E-state index in [1.54, 1.807) is 4.57 Å². The van der Waals surface area contributed by atoms with Crippen LogP contribution in [0.15, 0.2) is 133 Å². The molecule has 4 aromatic heterocycles. The number of aromatic nitrogens is 4. The lowest BCUT2D eigenvalue weighted by Gasteiger charge is -2.22. The highest BCUT2D eigenvalue weighted by atomic mass is 16.6. The number of nitrogen functional groups attached to an aromatic ring is 2. The molecule has 0 aliphatic carbocycles. The van der Waals surface area contributed by atoms with Gasteiger partial charge in [0.2, 0.25) is 0 Å². The molecule has 0 saturated carbocycles. The third-order valence-corrected chi connectivity index (χ3v) is 14.9. The van der Waals surface area contributed by atoms with E-state index in [1.165, 1.54) is 28.2 Å². The van der Waals surface area contributed by atoms with Gasteiger partial charge in [-0.1, -0.05) is 166 Å². The molecule has 0 fully saturated rings. The Labute approximate surface area is 525 Å². The van der Waals surface area contributed by atoms with Crippen LogP contribution in [0.5, 0.6) is 0 Å². The van der Waals surface area contributed by atoms with Crippen molar-refractivity contribution < 1.29 is 34.4 Å². The van der Waals surface area contributed by atoms with Crippen LogP contribution in [-0.2, 0) is 35.2 Å². The molecule has 4 aromatic carbocycles. The number of H-pyrrole nitrogens is 2. The van der Waals surface area contributed by atoms with E-state index in [1.807, 2.05) is 139 Å². The molecular formula is C75H104N6O7. The topological polar surface area (TPSA) is 207 Å². The molecule has 0 amide bonds. The molecule has 476 valence electrons. The summed E-state index contributed by atoms with van der Waals surface area (Å²) in [5.74, 6) is 1.32. The fraction of sp³-hybridized carbons (Fsp3) is 0.440. The molecule has 88 heavy (non-hydrogen) atoms. The van der Waals surface area contributed by atoms with Gasteiger partial charge in [0.15, 0.2) is 0 Å². The van der Waals surface area contributed by atoms with Crippen LogP contribution in [0.2, 0.25) is 0 Å². The molecule has 0 spiro atoms. The number of carbonyl (C=O) groups excluding carboxylic acids is 2. The summed E-state index contributed by atoms with van der Waals surface area (Å²) in [6.07, 6.45) is 6.76. The van der Waals surface area contributed by atoms with Crippen molar-refractivity contribution in [1.82, 2.24) is 19.1 Å². The molecule has 8 aromatic rings. The van der Waals surface area contributed by atoms with Crippen molar-refractivity contribution in [3.63, 3.8) is 0 Å². The molecule has 0 atom stereocenters. The number of aliphatic hydroxyl groups is 3. The monoisotopic (exact) mass is 1200 g/mol. The summed E-state index contributed by atoms with van der Waals surface area (Å²) in [5, 5.41) is 27.3. The predicted octanol–water partition coefficient (Wildman–Crippen LogP) is 18.0. The summed E-state index contributed by atoms with van der Waals surface area (Å²) in [6, 6.07) is 44.9.